The Balaban J connectivity index is 1.32. The molecule has 7 nitrogen and oxygen atoms in total. The maximum atomic E-state index is 12.2. The Labute approximate surface area is 194 Å². The van der Waals surface area contributed by atoms with Crippen LogP contribution in [-0.4, -0.2) is 62.3 Å². The average Bonchev–Trinajstić information content (AvgIpc) is 2.78. The summed E-state index contributed by atoms with van der Waals surface area (Å²) in [6.45, 7) is 4.70. The highest BCUT2D eigenvalue weighted by molar-refractivity contribution is 6.39. The summed E-state index contributed by atoms with van der Waals surface area (Å²) >= 11 is 5.93. The second kappa shape index (κ2) is 11.2. The lowest BCUT2D eigenvalue weighted by molar-refractivity contribution is -0.274. The number of amides is 2. The van der Waals surface area contributed by atoms with Gasteiger partial charge in [-0.15, -0.1) is 13.2 Å². The Morgan fingerprint density at radius 1 is 0.939 bits per heavy atom. The minimum Gasteiger partial charge on any atom is -0.406 e. The summed E-state index contributed by atoms with van der Waals surface area (Å²) < 4.78 is 40.3. The van der Waals surface area contributed by atoms with Gasteiger partial charge in [0.25, 0.3) is 0 Å². The molecule has 0 aromatic heterocycles. The maximum absolute atomic E-state index is 12.2. The fourth-order valence-electron chi connectivity index (χ4n) is 3.39. The number of hydrogen-bond donors (Lipinski definition) is 2. The molecule has 2 aromatic carbocycles. The third-order valence-electron chi connectivity index (χ3n) is 5.05. The van der Waals surface area contributed by atoms with E-state index in [-0.39, 0.29) is 5.69 Å². The van der Waals surface area contributed by atoms with Crippen LogP contribution in [0.25, 0.3) is 0 Å². The molecule has 1 saturated heterocycles. The van der Waals surface area contributed by atoms with Crippen molar-refractivity contribution in [2.45, 2.75) is 12.8 Å². The number of nitrogens with one attached hydrogen (secondary N) is 2. The summed E-state index contributed by atoms with van der Waals surface area (Å²) in [7, 11) is 0. The third kappa shape index (κ3) is 8.14. The molecular formula is C22H24ClF3N4O3. The van der Waals surface area contributed by atoms with Crippen molar-refractivity contribution < 1.29 is 27.5 Å². The number of nitrogens with zero attached hydrogens (tertiary/aromatic N) is 2. The molecule has 0 spiro atoms. The first kappa shape index (κ1) is 24.7. The Bertz CT molecular complexity index is 931. The number of halogens is 4. The minimum atomic E-state index is -4.80. The van der Waals surface area contributed by atoms with Gasteiger partial charge in [0.05, 0.1) is 0 Å². The SMILES string of the molecule is O=C(NCCCN1CCN(c2ccc(Cl)cc2)CC1)C(=O)Nc1ccc(OC(F)(F)F)cc1. The van der Waals surface area contributed by atoms with Crippen molar-refractivity contribution in [3.8, 4) is 5.75 Å². The molecule has 1 aliphatic rings. The van der Waals surface area contributed by atoms with Gasteiger partial charge >= 0.3 is 18.2 Å². The van der Waals surface area contributed by atoms with E-state index in [9.17, 15) is 22.8 Å². The first-order valence-corrected chi connectivity index (χ1v) is 10.8. The van der Waals surface area contributed by atoms with Gasteiger partial charge in [-0.25, -0.2) is 0 Å². The molecular weight excluding hydrogens is 461 g/mol. The lowest BCUT2D eigenvalue weighted by Gasteiger charge is -2.36. The van der Waals surface area contributed by atoms with Gasteiger partial charge < -0.3 is 20.3 Å². The molecule has 0 unspecified atom stereocenters. The normalized spacial score (nSPS) is 14.6. The van der Waals surface area contributed by atoms with Gasteiger partial charge in [-0.3, -0.25) is 14.5 Å². The van der Waals surface area contributed by atoms with E-state index in [0.29, 0.717) is 18.0 Å². The lowest BCUT2D eigenvalue weighted by Crippen LogP contribution is -2.47. The summed E-state index contributed by atoms with van der Waals surface area (Å²) in [5, 5.41) is 5.59. The average molecular weight is 485 g/mol. The van der Waals surface area contributed by atoms with Crippen molar-refractivity contribution in [1.29, 1.82) is 0 Å². The first-order chi connectivity index (χ1) is 15.7. The second-order valence-corrected chi connectivity index (χ2v) is 7.88. The van der Waals surface area contributed by atoms with E-state index < -0.39 is 23.9 Å². The predicted molar refractivity (Wildman–Crippen MR) is 119 cm³/mol. The van der Waals surface area contributed by atoms with Crippen LogP contribution in [0.15, 0.2) is 48.5 Å². The van der Waals surface area contributed by atoms with Crippen molar-refractivity contribution in [3.63, 3.8) is 0 Å². The molecule has 2 N–H and O–H groups in total. The molecule has 1 heterocycles. The zero-order valence-electron chi connectivity index (χ0n) is 17.7. The minimum absolute atomic E-state index is 0.184. The Kier molecular flexibility index (Phi) is 8.40. The summed E-state index contributed by atoms with van der Waals surface area (Å²) in [6.07, 6.45) is -4.11. The molecule has 2 amide bonds. The summed E-state index contributed by atoms with van der Waals surface area (Å²) in [4.78, 5) is 28.5. The van der Waals surface area contributed by atoms with E-state index in [4.69, 9.17) is 11.6 Å². The van der Waals surface area contributed by atoms with Gasteiger partial charge in [-0.1, -0.05) is 11.6 Å². The lowest BCUT2D eigenvalue weighted by atomic mass is 10.2. The van der Waals surface area contributed by atoms with Crippen LogP contribution in [0.1, 0.15) is 6.42 Å². The van der Waals surface area contributed by atoms with Crippen LogP contribution in [0.4, 0.5) is 24.5 Å². The van der Waals surface area contributed by atoms with Gasteiger partial charge in [-0.2, -0.15) is 0 Å². The third-order valence-corrected chi connectivity index (χ3v) is 5.30. The van der Waals surface area contributed by atoms with Crippen molar-refractivity contribution >= 4 is 34.8 Å². The monoisotopic (exact) mass is 484 g/mol. The number of piperazine rings is 1. The molecule has 1 aliphatic heterocycles. The molecule has 0 radical (unpaired) electrons. The number of hydrogen-bond acceptors (Lipinski definition) is 5. The van der Waals surface area contributed by atoms with E-state index in [1.54, 1.807) is 0 Å². The summed E-state index contributed by atoms with van der Waals surface area (Å²) in [6, 6.07) is 12.3. The standard InChI is InChI=1S/C22H24ClF3N4O3/c23-16-2-6-18(7-3-16)30-14-12-29(13-15-30)11-1-10-27-20(31)21(32)28-17-4-8-19(9-5-17)33-22(24,25)26/h2-9H,1,10-15H2,(H,27,31)(H,28,32). The van der Waals surface area contributed by atoms with Crippen LogP contribution in [0, 0.1) is 0 Å². The van der Waals surface area contributed by atoms with E-state index >= 15 is 0 Å². The second-order valence-electron chi connectivity index (χ2n) is 7.44. The fraction of sp³-hybridized carbons (Fsp3) is 0.364. The zero-order chi connectivity index (χ0) is 23.8. The number of carbonyl (C=O) groups is 2. The van der Waals surface area contributed by atoms with Crippen LogP contribution in [0.2, 0.25) is 5.02 Å². The van der Waals surface area contributed by atoms with E-state index in [1.165, 1.54) is 12.1 Å². The van der Waals surface area contributed by atoms with Gasteiger partial charge in [0.1, 0.15) is 5.75 Å². The Morgan fingerprint density at radius 3 is 2.18 bits per heavy atom. The van der Waals surface area contributed by atoms with Gasteiger partial charge in [0.2, 0.25) is 0 Å². The molecule has 11 heteroatoms. The van der Waals surface area contributed by atoms with Crippen molar-refractivity contribution in [1.82, 2.24) is 10.2 Å². The van der Waals surface area contributed by atoms with Gasteiger partial charge in [0.15, 0.2) is 0 Å². The molecule has 178 valence electrons. The van der Waals surface area contributed by atoms with Crippen LogP contribution < -0.4 is 20.3 Å². The fourth-order valence-corrected chi connectivity index (χ4v) is 3.52. The highest BCUT2D eigenvalue weighted by Gasteiger charge is 2.31. The topological polar surface area (TPSA) is 73.9 Å². The number of rotatable bonds is 7. The first-order valence-electron chi connectivity index (χ1n) is 10.4. The van der Waals surface area contributed by atoms with Gasteiger partial charge in [0, 0.05) is 49.1 Å². The van der Waals surface area contributed by atoms with Crippen molar-refractivity contribution in [3.05, 3.63) is 53.6 Å². The molecule has 33 heavy (non-hydrogen) atoms. The smallest absolute Gasteiger partial charge is 0.406 e. The molecule has 0 aliphatic carbocycles. The maximum Gasteiger partial charge on any atom is 0.573 e. The molecule has 0 saturated carbocycles. The van der Waals surface area contributed by atoms with E-state index in [2.05, 4.69) is 25.2 Å². The largest absolute Gasteiger partial charge is 0.573 e. The molecule has 3 rings (SSSR count). The van der Waals surface area contributed by atoms with Crippen LogP contribution in [0.3, 0.4) is 0 Å². The highest BCUT2D eigenvalue weighted by Crippen LogP contribution is 2.24. The molecule has 0 bridgehead atoms. The molecule has 2 aromatic rings. The van der Waals surface area contributed by atoms with Crippen LogP contribution >= 0.6 is 11.6 Å². The Hall–Kier alpha value is -2.98. The summed E-state index contributed by atoms with van der Waals surface area (Å²) in [5.74, 6) is -2.12. The van der Waals surface area contributed by atoms with E-state index in [0.717, 1.165) is 50.5 Å². The molecule has 1 fully saturated rings. The van der Waals surface area contributed by atoms with Crippen LogP contribution in [-0.2, 0) is 9.59 Å². The highest BCUT2D eigenvalue weighted by atomic mass is 35.5. The van der Waals surface area contributed by atoms with E-state index in [1.807, 2.05) is 24.3 Å². The zero-order valence-corrected chi connectivity index (χ0v) is 18.5. The number of carbonyl (C=O) groups excluding carboxylic acids is 2. The quantitative estimate of drug-likeness (QED) is 0.465. The summed E-state index contributed by atoms with van der Waals surface area (Å²) in [5.41, 5.74) is 1.32. The number of ether oxygens (including phenoxy) is 1. The number of alkyl halides is 3. The molecule has 0 atom stereocenters. The van der Waals surface area contributed by atoms with Crippen LogP contribution in [0.5, 0.6) is 5.75 Å². The van der Waals surface area contributed by atoms with Gasteiger partial charge in [-0.05, 0) is 61.5 Å². The number of benzene rings is 2. The van der Waals surface area contributed by atoms with Crippen molar-refractivity contribution in [2.24, 2.45) is 0 Å². The Morgan fingerprint density at radius 2 is 1.58 bits per heavy atom. The number of anilines is 2. The van der Waals surface area contributed by atoms with Crippen molar-refractivity contribution in [2.75, 3.05) is 49.5 Å². The predicted octanol–water partition coefficient (Wildman–Crippen LogP) is 3.51.